The molecule has 1 heterocycles. The fourth-order valence-electron chi connectivity index (χ4n) is 1.47. The van der Waals surface area contributed by atoms with Crippen LogP contribution in [-0.2, 0) is 4.74 Å². The fourth-order valence-corrected chi connectivity index (χ4v) is 1.47. The van der Waals surface area contributed by atoms with Crippen LogP contribution < -0.4 is 5.32 Å². The van der Waals surface area contributed by atoms with Gasteiger partial charge in [0.2, 0.25) is 0 Å². The number of aliphatic hydroxyl groups is 1. The van der Waals surface area contributed by atoms with Crippen LogP contribution in [0.1, 0.15) is 27.2 Å². The standard InChI is InChI=1S/C9H19NO2.ClH/c1-9(2,3)12-8-4-7(11)5-10-6-8;/h7-8,10-11H,4-6H2,1-3H3;1H/t7-,8+;/m1./s1. The first-order valence-corrected chi connectivity index (χ1v) is 4.54. The van der Waals surface area contributed by atoms with Gasteiger partial charge in [0.1, 0.15) is 0 Å². The van der Waals surface area contributed by atoms with Crippen molar-refractivity contribution in [2.75, 3.05) is 13.1 Å². The van der Waals surface area contributed by atoms with Gasteiger partial charge in [-0.25, -0.2) is 0 Å². The summed E-state index contributed by atoms with van der Waals surface area (Å²) in [7, 11) is 0. The van der Waals surface area contributed by atoms with Gasteiger partial charge in [0.15, 0.2) is 0 Å². The van der Waals surface area contributed by atoms with Gasteiger partial charge >= 0.3 is 0 Å². The van der Waals surface area contributed by atoms with Gasteiger partial charge in [-0.2, -0.15) is 0 Å². The molecule has 0 aromatic heterocycles. The average molecular weight is 210 g/mol. The van der Waals surface area contributed by atoms with Crippen LogP contribution >= 0.6 is 12.4 Å². The van der Waals surface area contributed by atoms with E-state index in [1.807, 2.05) is 20.8 Å². The van der Waals surface area contributed by atoms with Crippen molar-refractivity contribution in [1.29, 1.82) is 0 Å². The van der Waals surface area contributed by atoms with E-state index in [1.165, 1.54) is 0 Å². The zero-order valence-corrected chi connectivity index (χ0v) is 9.36. The minimum absolute atomic E-state index is 0. The van der Waals surface area contributed by atoms with Crippen LogP contribution in [0.15, 0.2) is 0 Å². The Balaban J connectivity index is 0.00000144. The van der Waals surface area contributed by atoms with E-state index in [0.717, 1.165) is 13.0 Å². The van der Waals surface area contributed by atoms with Crippen LogP contribution in [0.3, 0.4) is 0 Å². The van der Waals surface area contributed by atoms with Crippen LogP contribution in [0.4, 0.5) is 0 Å². The Morgan fingerprint density at radius 3 is 2.38 bits per heavy atom. The molecule has 1 aliphatic rings. The number of hydrogen-bond donors (Lipinski definition) is 2. The molecule has 0 amide bonds. The van der Waals surface area contributed by atoms with Crippen molar-refractivity contribution in [2.45, 2.75) is 45.0 Å². The van der Waals surface area contributed by atoms with Gasteiger partial charge in [0.05, 0.1) is 17.8 Å². The Labute approximate surface area is 86.3 Å². The normalized spacial score (nSPS) is 29.5. The van der Waals surface area contributed by atoms with Gasteiger partial charge in [-0.05, 0) is 20.8 Å². The summed E-state index contributed by atoms with van der Waals surface area (Å²) in [4.78, 5) is 0. The van der Waals surface area contributed by atoms with Gasteiger partial charge < -0.3 is 15.2 Å². The summed E-state index contributed by atoms with van der Waals surface area (Å²) >= 11 is 0. The maximum Gasteiger partial charge on any atom is 0.0731 e. The number of aliphatic hydroxyl groups excluding tert-OH is 1. The highest BCUT2D eigenvalue weighted by atomic mass is 35.5. The second-order valence-electron chi connectivity index (χ2n) is 4.40. The van der Waals surface area contributed by atoms with Crippen LogP contribution in [0.25, 0.3) is 0 Å². The zero-order valence-electron chi connectivity index (χ0n) is 8.54. The van der Waals surface area contributed by atoms with Gasteiger partial charge in [-0.1, -0.05) is 0 Å². The molecule has 1 fully saturated rings. The van der Waals surface area contributed by atoms with Gasteiger partial charge in [-0.15, -0.1) is 12.4 Å². The van der Waals surface area contributed by atoms with Crippen molar-refractivity contribution < 1.29 is 9.84 Å². The number of halogens is 1. The first kappa shape index (κ1) is 13.2. The van der Waals surface area contributed by atoms with Crippen LogP contribution in [0.2, 0.25) is 0 Å². The minimum atomic E-state index is -0.244. The van der Waals surface area contributed by atoms with Crippen LogP contribution in [-0.4, -0.2) is 36.0 Å². The number of nitrogens with one attached hydrogen (secondary N) is 1. The van der Waals surface area contributed by atoms with Crippen molar-refractivity contribution in [3.05, 3.63) is 0 Å². The molecule has 2 N–H and O–H groups in total. The molecule has 4 heteroatoms. The number of β-amino-alcohol motifs (C(OH)–C–C–N with tert-alkyl or cyclic N) is 1. The van der Waals surface area contributed by atoms with Crippen molar-refractivity contribution in [3.8, 4) is 0 Å². The summed E-state index contributed by atoms with van der Waals surface area (Å²) in [5, 5.41) is 12.5. The molecule has 1 aliphatic heterocycles. The van der Waals surface area contributed by atoms with E-state index < -0.39 is 0 Å². The highest BCUT2D eigenvalue weighted by Crippen LogP contribution is 2.15. The quantitative estimate of drug-likeness (QED) is 0.676. The molecule has 2 atom stereocenters. The lowest BCUT2D eigenvalue weighted by Crippen LogP contribution is -2.45. The largest absolute Gasteiger partial charge is 0.392 e. The maximum atomic E-state index is 9.33. The molecular formula is C9H20ClNO2. The molecular weight excluding hydrogens is 190 g/mol. The molecule has 0 spiro atoms. The monoisotopic (exact) mass is 209 g/mol. The molecule has 0 aromatic rings. The van der Waals surface area contributed by atoms with E-state index >= 15 is 0 Å². The molecule has 0 saturated carbocycles. The first-order valence-electron chi connectivity index (χ1n) is 4.54. The SMILES string of the molecule is CC(C)(C)O[C@@H]1CNC[C@H](O)C1.Cl. The van der Waals surface area contributed by atoms with E-state index in [2.05, 4.69) is 5.32 Å². The summed E-state index contributed by atoms with van der Waals surface area (Å²) in [6.07, 6.45) is 0.671. The molecule has 0 radical (unpaired) electrons. The summed E-state index contributed by atoms with van der Waals surface area (Å²) in [6, 6.07) is 0. The van der Waals surface area contributed by atoms with Gasteiger partial charge in [0, 0.05) is 19.5 Å². The lowest BCUT2D eigenvalue weighted by molar-refractivity contribution is -0.0850. The van der Waals surface area contributed by atoms with E-state index in [9.17, 15) is 5.11 Å². The molecule has 1 rings (SSSR count). The predicted octanol–water partition coefficient (Wildman–Crippen LogP) is 0.946. The number of hydrogen-bond acceptors (Lipinski definition) is 3. The van der Waals surface area contributed by atoms with Crippen molar-refractivity contribution in [3.63, 3.8) is 0 Å². The molecule has 1 saturated heterocycles. The molecule has 80 valence electrons. The second-order valence-corrected chi connectivity index (χ2v) is 4.40. The van der Waals surface area contributed by atoms with E-state index in [0.29, 0.717) is 6.54 Å². The highest BCUT2D eigenvalue weighted by Gasteiger charge is 2.24. The Bertz CT molecular complexity index is 147. The highest BCUT2D eigenvalue weighted by molar-refractivity contribution is 5.85. The molecule has 3 nitrogen and oxygen atoms in total. The summed E-state index contributed by atoms with van der Waals surface area (Å²) in [5.74, 6) is 0. The van der Waals surface area contributed by atoms with E-state index in [-0.39, 0.29) is 30.2 Å². The molecule has 0 aliphatic carbocycles. The average Bonchev–Trinajstić information content (AvgIpc) is 1.82. The molecule has 0 bridgehead atoms. The third kappa shape index (κ3) is 5.47. The Kier molecular flexibility index (Phi) is 5.22. The van der Waals surface area contributed by atoms with Crippen molar-refractivity contribution in [1.82, 2.24) is 5.32 Å². The lowest BCUT2D eigenvalue weighted by Gasteiger charge is -2.32. The minimum Gasteiger partial charge on any atom is -0.392 e. The van der Waals surface area contributed by atoms with E-state index in [1.54, 1.807) is 0 Å². The summed E-state index contributed by atoms with van der Waals surface area (Å²) in [5.41, 5.74) is -0.108. The molecule has 0 unspecified atom stereocenters. The summed E-state index contributed by atoms with van der Waals surface area (Å²) < 4.78 is 5.73. The second kappa shape index (κ2) is 5.15. The van der Waals surface area contributed by atoms with Gasteiger partial charge in [-0.3, -0.25) is 0 Å². The Hall–Kier alpha value is 0.170. The molecule has 0 aromatic carbocycles. The van der Waals surface area contributed by atoms with E-state index in [4.69, 9.17) is 4.74 Å². The first-order chi connectivity index (χ1) is 5.47. The van der Waals surface area contributed by atoms with Crippen molar-refractivity contribution >= 4 is 12.4 Å². The molecule has 13 heavy (non-hydrogen) atoms. The number of rotatable bonds is 1. The number of ether oxygens (including phenoxy) is 1. The Morgan fingerprint density at radius 1 is 1.31 bits per heavy atom. The van der Waals surface area contributed by atoms with Crippen LogP contribution in [0, 0.1) is 0 Å². The maximum absolute atomic E-state index is 9.33. The van der Waals surface area contributed by atoms with Gasteiger partial charge in [0.25, 0.3) is 0 Å². The summed E-state index contributed by atoms with van der Waals surface area (Å²) in [6.45, 7) is 7.66. The van der Waals surface area contributed by atoms with Crippen LogP contribution in [0.5, 0.6) is 0 Å². The number of piperidine rings is 1. The topological polar surface area (TPSA) is 41.5 Å². The Morgan fingerprint density at radius 2 is 1.92 bits per heavy atom. The fraction of sp³-hybridized carbons (Fsp3) is 1.00. The third-order valence-corrected chi connectivity index (χ3v) is 1.81. The smallest absolute Gasteiger partial charge is 0.0731 e. The predicted molar refractivity (Wildman–Crippen MR) is 55.4 cm³/mol. The lowest BCUT2D eigenvalue weighted by atomic mass is 10.1. The zero-order chi connectivity index (χ0) is 9.19. The van der Waals surface area contributed by atoms with Crippen molar-refractivity contribution in [2.24, 2.45) is 0 Å². The third-order valence-electron chi connectivity index (χ3n) is 1.81.